The van der Waals surface area contributed by atoms with Gasteiger partial charge in [-0.3, -0.25) is 28.2 Å². The third-order valence-corrected chi connectivity index (χ3v) is 10.4. The second-order valence-electron chi connectivity index (χ2n) is 14.7. The predicted octanol–water partition coefficient (Wildman–Crippen LogP) is -4.94. The van der Waals surface area contributed by atoms with Crippen LogP contribution in [0.25, 0.3) is 0 Å². The maximum Gasteiger partial charge on any atom is 0.472 e. The van der Waals surface area contributed by atoms with Crippen LogP contribution in [0.2, 0.25) is 0 Å². The lowest BCUT2D eigenvalue weighted by Crippen LogP contribution is -2.64. The van der Waals surface area contributed by atoms with Gasteiger partial charge < -0.3 is 95.9 Å². The van der Waals surface area contributed by atoms with Crippen molar-refractivity contribution in [3.05, 3.63) is 0 Å². The van der Waals surface area contributed by atoms with Crippen molar-refractivity contribution < 1.29 is 106 Å². The zero-order chi connectivity index (χ0) is 48.5. The summed E-state index contributed by atoms with van der Waals surface area (Å²) in [5.74, 6) is -1.72. The van der Waals surface area contributed by atoms with E-state index >= 15 is 0 Å². The molecule has 0 radical (unpaired) electrons. The maximum atomic E-state index is 12.2. The SMILES string of the molecule is COP(=O)(O)OC(COC(=O)NCCCC(=O)NCCCO[C@@H]1O[C@H](CO)[C@H](O)[C@H](O)[C@H]1NC(C)=O)COC(=O)NCCCC(=O)NCCCO[C@@H]1O[C@H](CO)[C@H](O)[C@H](O)[C@H]1NC(C)=O. The molecule has 2 rings (SSSR count). The smallest absolute Gasteiger partial charge is 0.447 e. The quantitative estimate of drug-likeness (QED) is 0.0247. The summed E-state index contributed by atoms with van der Waals surface area (Å²) in [7, 11) is -3.74. The molecular weight excluding hydrogens is 899 g/mol. The van der Waals surface area contributed by atoms with Crippen LogP contribution in [0.5, 0.6) is 0 Å². The van der Waals surface area contributed by atoms with Crippen LogP contribution in [0, 0.1) is 0 Å². The van der Waals surface area contributed by atoms with E-state index in [0.29, 0.717) is 12.8 Å². The monoisotopic (exact) mass is 964 g/mol. The highest BCUT2D eigenvalue weighted by Gasteiger charge is 2.46. The Morgan fingerprint density at radius 2 is 1.00 bits per heavy atom. The Morgan fingerprint density at radius 3 is 1.35 bits per heavy atom. The van der Waals surface area contributed by atoms with Gasteiger partial charge in [0.25, 0.3) is 0 Å². The molecule has 0 aromatic heterocycles. The zero-order valence-corrected chi connectivity index (χ0v) is 37.3. The molecule has 0 bridgehead atoms. The number of carbonyl (C=O) groups is 6. The first-order valence-corrected chi connectivity index (χ1v) is 22.3. The molecule has 0 aromatic carbocycles. The highest BCUT2D eigenvalue weighted by Crippen LogP contribution is 2.43. The summed E-state index contributed by atoms with van der Waals surface area (Å²) in [5, 5.41) is 74.6. The van der Waals surface area contributed by atoms with Crippen molar-refractivity contribution in [3.8, 4) is 0 Å². The Labute approximate surface area is 374 Å². The first-order chi connectivity index (χ1) is 30.8. The third kappa shape index (κ3) is 22.0. The van der Waals surface area contributed by atoms with E-state index in [0.717, 1.165) is 7.11 Å². The molecule has 2 heterocycles. The highest BCUT2D eigenvalue weighted by molar-refractivity contribution is 7.47. The molecule has 1 unspecified atom stereocenters. The molecule has 0 spiro atoms. The van der Waals surface area contributed by atoms with Crippen LogP contribution in [0.15, 0.2) is 0 Å². The standard InChI is InChI=1S/C36H65N6O22P/c1-20(45)41-27-31(51)29(49)23(16-43)62-33(27)58-14-6-12-37-25(47)8-4-10-39-35(53)60-18-22(64-65(55,56)57-3)19-61-36(54)40-11-5-9-26(48)38-13-7-15-59-34-28(42-21(2)46)32(52)30(50)24(17-44)63-34/h22-24,27-34,43-44,49-52H,4-19H2,1-3H3,(H,37,47)(H,38,48)(H,39,53)(H,40,54)(H,41,45)(H,42,46)(H,55,56)/t23-,24-,27-,28-,29+,30+,31-,32-,33-,34-/m1/s1. The van der Waals surface area contributed by atoms with Crippen molar-refractivity contribution in [2.24, 2.45) is 0 Å². The number of carbonyl (C=O) groups excluding carboxylic acids is 6. The van der Waals surface area contributed by atoms with Gasteiger partial charge in [-0.15, -0.1) is 0 Å². The van der Waals surface area contributed by atoms with Gasteiger partial charge in [0.2, 0.25) is 23.6 Å². The summed E-state index contributed by atoms with van der Waals surface area (Å²) in [6.45, 7) is 0.284. The highest BCUT2D eigenvalue weighted by atomic mass is 31.2. The molecule has 11 atom stereocenters. The second kappa shape index (κ2) is 30.4. The lowest BCUT2D eigenvalue weighted by Gasteiger charge is -2.42. The van der Waals surface area contributed by atoms with Gasteiger partial charge in [0.05, 0.1) is 26.4 Å². The number of hydrogen-bond donors (Lipinski definition) is 13. The van der Waals surface area contributed by atoms with E-state index in [1.165, 1.54) is 13.8 Å². The van der Waals surface area contributed by atoms with Crippen molar-refractivity contribution in [3.63, 3.8) is 0 Å². The number of aliphatic hydroxyl groups is 6. The van der Waals surface area contributed by atoms with E-state index in [4.69, 9.17) is 32.9 Å². The van der Waals surface area contributed by atoms with E-state index in [1.807, 2.05) is 0 Å². The van der Waals surface area contributed by atoms with E-state index in [1.54, 1.807) is 0 Å². The minimum Gasteiger partial charge on any atom is -0.447 e. The van der Waals surface area contributed by atoms with Crippen LogP contribution >= 0.6 is 7.82 Å². The van der Waals surface area contributed by atoms with E-state index in [2.05, 4.69) is 36.4 Å². The number of rotatable bonds is 29. The Hall–Kier alpha value is -3.87. The van der Waals surface area contributed by atoms with Crippen molar-refractivity contribution in [1.82, 2.24) is 31.9 Å². The number of phosphoric acid groups is 1. The number of phosphoric ester groups is 1. The Balaban J connectivity index is 1.61. The first-order valence-electron chi connectivity index (χ1n) is 20.8. The zero-order valence-electron chi connectivity index (χ0n) is 36.4. The maximum absolute atomic E-state index is 12.2. The van der Waals surface area contributed by atoms with Crippen LogP contribution in [-0.2, 0) is 61.2 Å². The fourth-order valence-electron chi connectivity index (χ4n) is 6.06. The number of amides is 6. The van der Waals surface area contributed by atoms with Crippen LogP contribution < -0.4 is 31.9 Å². The minimum absolute atomic E-state index is 0.00409. The average molecular weight is 965 g/mol. The van der Waals surface area contributed by atoms with Crippen LogP contribution in [-0.4, -0.2) is 212 Å². The molecule has 2 aliphatic heterocycles. The van der Waals surface area contributed by atoms with Crippen LogP contribution in [0.4, 0.5) is 9.59 Å². The molecule has 13 N–H and O–H groups in total. The van der Waals surface area contributed by atoms with Gasteiger partial charge in [-0.25, -0.2) is 14.2 Å². The van der Waals surface area contributed by atoms with Crippen molar-refractivity contribution >= 4 is 43.6 Å². The largest absolute Gasteiger partial charge is 0.472 e. The van der Waals surface area contributed by atoms with Crippen molar-refractivity contribution in [2.75, 3.05) is 72.9 Å². The summed E-state index contributed by atoms with van der Waals surface area (Å²) in [4.78, 5) is 81.8. The van der Waals surface area contributed by atoms with Crippen molar-refractivity contribution in [2.45, 2.75) is 120 Å². The topological polar surface area (TPSA) is 407 Å². The van der Waals surface area contributed by atoms with Gasteiger partial charge >= 0.3 is 20.0 Å². The lowest BCUT2D eigenvalue weighted by molar-refractivity contribution is -0.270. The molecular formula is C36H65N6O22P. The van der Waals surface area contributed by atoms with Gasteiger partial charge in [-0.1, -0.05) is 0 Å². The number of ether oxygens (including phenoxy) is 6. The molecule has 376 valence electrons. The Bertz CT molecular complexity index is 1440. The van der Waals surface area contributed by atoms with Crippen molar-refractivity contribution in [1.29, 1.82) is 0 Å². The predicted molar refractivity (Wildman–Crippen MR) is 217 cm³/mol. The molecule has 0 aromatic rings. The van der Waals surface area contributed by atoms with Gasteiger partial charge in [0.15, 0.2) is 12.6 Å². The Morgan fingerprint density at radius 1 is 0.615 bits per heavy atom. The lowest BCUT2D eigenvalue weighted by atomic mass is 9.97. The molecule has 28 nitrogen and oxygen atoms in total. The minimum atomic E-state index is -4.63. The second-order valence-corrected chi connectivity index (χ2v) is 16.2. The van der Waals surface area contributed by atoms with Crippen LogP contribution in [0.1, 0.15) is 52.4 Å². The summed E-state index contributed by atoms with van der Waals surface area (Å²) in [6, 6.07) is -2.20. The summed E-state index contributed by atoms with van der Waals surface area (Å²) in [5.41, 5.74) is 0. The summed E-state index contributed by atoms with van der Waals surface area (Å²) >= 11 is 0. The van der Waals surface area contributed by atoms with E-state index in [9.17, 15) is 68.9 Å². The van der Waals surface area contributed by atoms with E-state index in [-0.39, 0.29) is 76.9 Å². The number of alkyl carbamates (subject to hydrolysis) is 2. The van der Waals surface area contributed by atoms with Crippen LogP contribution in [0.3, 0.4) is 0 Å². The molecule has 29 heteroatoms. The number of aliphatic hydroxyl groups excluding tert-OH is 6. The first kappa shape index (κ1) is 57.3. The molecule has 2 fully saturated rings. The molecule has 65 heavy (non-hydrogen) atoms. The average Bonchev–Trinajstić information content (AvgIpc) is 3.26. The van der Waals surface area contributed by atoms with Gasteiger partial charge in [0.1, 0.15) is 68.0 Å². The summed E-state index contributed by atoms with van der Waals surface area (Å²) < 4.78 is 53.4. The fourth-order valence-corrected chi connectivity index (χ4v) is 6.64. The van der Waals surface area contributed by atoms with Gasteiger partial charge in [-0.05, 0) is 25.7 Å². The van der Waals surface area contributed by atoms with Gasteiger partial charge in [0, 0.05) is 60.0 Å². The Kier molecular flexibility index (Phi) is 26.8. The third-order valence-electron chi connectivity index (χ3n) is 9.37. The molecule has 0 aliphatic carbocycles. The summed E-state index contributed by atoms with van der Waals surface area (Å²) in [6.07, 6.45) is -12.9. The van der Waals surface area contributed by atoms with E-state index < -0.39 is 126 Å². The molecule has 0 saturated carbocycles. The molecule has 2 saturated heterocycles. The van der Waals surface area contributed by atoms with Gasteiger partial charge in [-0.2, -0.15) is 0 Å². The normalized spacial score (nSPS) is 26.3. The molecule has 2 aliphatic rings. The number of nitrogens with one attached hydrogen (secondary N) is 6. The molecule has 6 amide bonds. The number of hydrogen-bond acceptors (Lipinski definition) is 21. The fraction of sp³-hybridized carbons (Fsp3) is 0.833.